The Bertz CT molecular complexity index is 638. The molecular formula is C23H23P. The highest BCUT2D eigenvalue weighted by Gasteiger charge is 2.31. The van der Waals surface area contributed by atoms with Crippen molar-refractivity contribution in [2.75, 3.05) is 0 Å². The summed E-state index contributed by atoms with van der Waals surface area (Å²) in [6, 6.07) is 33.3. The van der Waals surface area contributed by atoms with Gasteiger partial charge in [-0.1, -0.05) is 91.0 Å². The molecule has 1 heterocycles. The second-order valence-electron chi connectivity index (χ2n) is 6.67. The summed E-state index contributed by atoms with van der Waals surface area (Å²) in [5, 5.41) is 0. The molecular weight excluding hydrogens is 307 g/mol. The molecule has 1 aliphatic rings. The quantitative estimate of drug-likeness (QED) is 0.467. The minimum atomic E-state index is 0.655. The van der Waals surface area contributed by atoms with Gasteiger partial charge in [-0.3, -0.25) is 0 Å². The van der Waals surface area contributed by atoms with E-state index in [1.165, 1.54) is 29.5 Å². The van der Waals surface area contributed by atoms with Crippen LogP contribution in [0.2, 0.25) is 0 Å². The van der Waals surface area contributed by atoms with Crippen molar-refractivity contribution in [3.05, 3.63) is 108 Å². The van der Waals surface area contributed by atoms with E-state index in [4.69, 9.17) is 0 Å². The summed E-state index contributed by atoms with van der Waals surface area (Å²) >= 11 is 0. The number of benzene rings is 3. The van der Waals surface area contributed by atoms with Crippen molar-refractivity contribution in [3.8, 4) is 0 Å². The summed E-state index contributed by atoms with van der Waals surface area (Å²) in [4.78, 5) is 0. The van der Waals surface area contributed by atoms with Gasteiger partial charge in [-0.05, 0) is 35.4 Å². The summed E-state index contributed by atoms with van der Waals surface area (Å²) in [6.45, 7) is 0. The molecule has 4 rings (SSSR count). The van der Waals surface area contributed by atoms with Gasteiger partial charge >= 0.3 is 0 Å². The van der Waals surface area contributed by atoms with Gasteiger partial charge in [0.2, 0.25) is 0 Å². The molecule has 3 aromatic rings. The van der Waals surface area contributed by atoms with Crippen LogP contribution in [0, 0.1) is 0 Å². The van der Waals surface area contributed by atoms with E-state index >= 15 is 0 Å². The molecule has 0 nitrogen and oxygen atoms in total. The van der Waals surface area contributed by atoms with E-state index in [0.717, 1.165) is 8.58 Å². The molecule has 0 saturated carbocycles. The zero-order chi connectivity index (χ0) is 16.2. The molecule has 1 heteroatoms. The summed E-state index contributed by atoms with van der Waals surface area (Å²) in [7, 11) is 0.970. The van der Waals surface area contributed by atoms with Crippen molar-refractivity contribution >= 4 is 8.58 Å². The van der Waals surface area contributed by atoms with Gasteiger partial charge in [0.05, 0.1) is 0 Å². The Labute approximate surface area is 146 Å². The average Bonchev–Trinajstić information content (AvgIpc) is 2.70. The number of rotatable bonds is 3. The van der Waals surface area contributed by atoms with Crippen molar-refractivity contribution in [3.63, 3.8) is 0 Å². The van der Waals surface area contributed by atoms with Crippen molar-refractivity contribution in [2.45, 2.75) is 30.1 Å². The molecule has 0 radical (unpaired) electrons. The smallest absolute Gasteiger partial charge is 0.00255 e. The summed E-state index contributed by atoms with van der Waals surface area (Å²) in [5.41, 5.74) is 5.88. The van der Waals surface area contributed by atoms with Gasteiger partial charge in [0.25, 0.3) is 0 Å². The van der Waals surface area contributed by atoms with Crippen LogP contribution in [0.15, 0.2) is 91.0 Å². The van der Waals surface area contributed by atoms with E-state index < -0.39 is 0 Å². The molecule has 0 aliphatic carbocycles. The highest BCUT2D eigenvalue weighted by Crippen LogP contribution is 2.58. The van der Waals surface area contributed by atoms with Crippen LogP contribution in [-0.4, -0.2) is 0 Å². The Morgan fingerprint density at radius 1 is 0.500 bits per heavy atom. The standard InChI is InChI=1S/C23H23P/c1-4-10-18(11-5-1)21-16-22(19-12-6-2-7-13-19)24-23(17-21)20-14-8-3-9-15-20/h1-15,21-24H,16-17H2. The maximum absolute atomic E-state index is 2.31. The minimum Gasteiger partial charge on any atom is -0.107 e. The third-order valence-electron chi connectivity index (χ3n) is 5.12. The maximum Gasteiger partial charge on any atom is 0.00255 e. The van der Waals surface area contributed by atoms with Gasteiger partial charge in [0.15, 0.2) is 0 Å². The zero-order valence-electron chi connectivity index (χ0n) is 13.8. The third kappa shape index (κ3) is 3.45. The van der Waals surface area contributed by atoms with Crippen LogP contribution in [0.1, 0.15) is 46.8 Å². The van der Waals surface area contributed by atoms with Crippen molar-refractivity contribution in [1.29, 1.82) is 0 Å². The molecule has 2 unspecified atom stereocenters. The van der Waals surface area contributed by atoms with Gasteiger partial charge in [-0.15, -0.1) is 8.58 Å². The van der Waals surface area contributed by atoms with Gasteiger partial charge in [-0.2, -0.15) is 0 Å². The van der Waals surface area contributed by atoms with E-state index in [2.05, 4.69) is 91.0 Å². The van der Waals surface area contributed by atoms with E-state index in [1.807, 2.05) is 0 Å². The predicted molar refractivity (Wildman–Crippen MR) is 105 cm³/mol. The zero-order valence-corrected chi connectivity index (χ0v) is 14.8. The lowest BCUT2D eigenvalue weighted by molar-refractivity contribution is 0.533. The average molecular weight is 330 g/mol. The maximum atomic E-state index is 2.31. The van der Waals surface area contributed by atoms with Crippen LogP contribution in [0.4, 0.5) is 0 Å². The van der Waals surface area contributed by atoms with Crippen LogP contribution in [0.3, 0.4) is 0 Å². The Kier molecular flexibility index (Phi) is 4.76. The molecule has 0 spiro atoms. The third-order valence-corrected chi connectivity index (χ3v) is 7.06. The summed E-state index contributed by atoms with van der Waals surface area (Å²) in [6.07, 6.45) is 2.55. The normalized spacial score (nSPS) is 24.8. The first-order chi connectivity index (χ1) is 11.9. The molecule has 3 aromatic carbocycles. The molecule has 120 valence electrons. The number of hydrogen-bond acceptors (Lipinski definition) is 0. The SMILES string of the molecule is c1ccc(C2CC(c3ccccc3)PC(c3ccccc3)C2)cc1. The molecule has 1 aliphatic heterocycles. The highest BCUT2D eigenvalue weighted by atomic mass is 31.1. The van der Waals surface area contributed by atoms with Crippen LogP contribution in [0.25, 0.3) is 0 Å². The van der Waals surface area contributed by atoms with E-state index in [0.29, 0.717) is 17.2 Å². The first-order valence-corrected chi connectivity index (χ1v) is 9.96. The fourth-order valence-electron chi connectivity index (χ4n) is 3.88. The van der Waals surface area contributed by atoms with Crippen LogP contribution < -0.4 is 0 Å². The first-order valence-electron chi connectivity index (χ1n) is 8.81. The van der Waals surface area contributed by atoms with Crippen LogP contribution in [-0.2, 0) is 0 Å². The Morgan fingerprint density at radius 3 is 1.29 bits per heavy atom. The lowest BCUT2D eigenvalue weighted by Crippen LogP contribution is -2.14. The van der Waals surface area contributed by atoms with E-state index in [9.17, 15) is 0 Å². The van der Waals surface area contributed by atoms with Crippen molar-refractivity contribution in [1.82, 2.24) is 0 Å². The number of hydrogen-bond donors (Lipinski definition) is 0. The van der Waals surface area contributed by atoms with Crippen LogP contribution >= 0.6 is 8.58 Å². The van der Waals surface area contributed by atoms with Gasteiger partial charge < -0.3 is 0 Å². The van der Waals surface area contributed by atoms with Gasteiger partial charge in [0, 0.05) is 11.3 Å². The lowest BCUT2D eigenvalue weighted by Gasteiger charge is -2.36. The molecule has 0 amide bonds. The highest BCUT2D eigenvalue weighted by molar-refractivity contribution is 7.39. The first kappa shape index (κ1) is 15.6. The molecule has 0 N–H and O–H groups in total. The van der Waals surface area contributed by atoms with Gasteiger partial charge in [-0.25, -0.2) is 0 Å². The van der Waals surface area contributed by atoms with E-state index in [1.54, 1.807) is 0 Å². The topological polar surface area (TPSA) is 0 Å². The second-order valence-corrected chi connectivity index (χ2v) is 8.40. The molecule has 1 fully saturated rings. The monoisotopic (exact) mass is 330 g/mol. The summed E-state index contributed by atoms with van der Waals surface area (Å²) < 4.78 is 0. The Balaban J connectivity index is 1.66. The Morgan fingerprint density at radius 2 is 0.875 bits per heavy atom. The minimum absolute atomic E-state index is 0.655. The van der Waals surface area contributed by atoms with E-state index in [-0.39, 0.29) is 0 Å². The largest absolute Gasteiger partial charge is 0.107 e. The van der Waals surface area contributed by atoms with Crippen LogP contribution in [0.5, 0.6) is 0 Å². The van der Waals surface area contributed by atoms with Crippen molar-refractivity contribution in [2.24, 2.45) is 0 Å². The fourth-order valence-corrected chi connectivity index (χ4v) is 5.97. The van der Waals surface area contributed by atoms with Crippen molar-refractivity contribution < 1.29 is 0 Å². The summed E-state index contributed by atoms with van der Waals surface area (Å²) in [5.74, 6) is 0.655. The van der Waals surface area contributed by atoms with Gasteiger partial charge in [0.1, 0.15) is 0 Å². The molecule has 0 aromatic heterocycles. The molecule has 24 heavy (non-hydrogen) atoms. The molecule has 1 saturated heterocycles. The predicted octanol–water partition coefficient (Wildman–Crippen LogP) is 6.73. The Hall–Kier alpha value is -1.91. The molecule has 2 atom stereocenters. The second kappa shape index (κ2) is 7.32. The lowest BCUT2D eigenvalue weighted by atomic mass is 9.86. The fraction of sp³-hybridized carbons (Fsp3) is 0.217. The molecule has 0 bridgehead atoms.